The standard InChI is InChI=1S/C44H27N3O/c1-2-10-29-23-32(20-19-28(29)9-1)33-21-22-41-38(26-33)43-42(48-41)27-45-44(46-43)34-13-7-11-30(24-34)31-12-8-14-35(25-31)47-39-17-5-3-15-36(39)37-16-4-6-18-40(37)47/h1-27H. The number of nitrogens with zero attached hydrogens (tertiary/aromatic N) is 3. The van der Waals surface area contributed by atoms with Crippen LogP contribution in [0.5, 0.6) is 0 Å². The van der Waals surface area contributed by atoms with E-state index in [4.69, 9.17) is 14.4 Å². The molecule has 0 aliphatic carbocycles. The Morgan fingerprint density at radius 2 is 1.08 bits per heavy atom. The average molecular weight is 614 g/mol. The summed E-state index contributed by atoms with van der Waals surface area (Å²) in [6.45, 7) is 0. The molecule has 10 rings (SSSR count). The van der Waals surface area contributed by atoms with Crippen LogP contribution in [0.3, 0.4) is 0 Å². The highest BCUT2D eigenvalue weighted by Gasteiger charge is 2.15. The molecule has 224 valence electrons. The minimum atomic E-state index is 0.668. The first-order chi connectivity index (χ1) is 23.8. The minimum absolute atomic E-state index is 0.668. The Bertz CT molecular complexity index is 2810. The molecule has 10 aromatic rings. The molecule has 7 aromatic carbocycles. The van der Waals surface area contributed by atoms with Gasteiger partial charge in [0.25, 0.3) is 0 Å². The van der Waals surface area contributed by atoms with Crippen LogP contribution < -0.4 is 0 Å². The largest absolute Gasteiger partial charge is 0.453 e. The molecule has 0 atom stereocenters. The molecule has 3 heterocycles. The first-order valence-corrected chi connectivity index (χ1v) is 16.1. The molecule has 0 saturated heterocycles. The fourth-order valence-corrected chi connectivity index (χ4v) is 7.11. The van der Waals surface area contributed by atoms with Crippen LogP contribution in [0.15, 0.2) is 168 Å². The lowest BCUT2D eigenvalue weighted by Crippen LogP contribution is -1.94. The summed E-state index contributed by atoms with van der Waals surface area (Å²) >= 11 is 0. The van der Waals surface area contributed by atoms with Gasteiger partial charge in [-0.1, -0.05) is 109 Å². The van der Waals surface area contributed by atoms with Gasteiger partial charge < -0.3 is 8.98 Å². The molecule has 0 amide bonds. The van der Waals surface area contributed by atoms with Crippen molar-refractivity contribution in [2.45, 2.75) is 0 Å². The van der Waals surface area contributed by atoms with Crippen molar-refractivity contribution in [3.8, 4) is 39.3 Å². The van der Waals surface area contributed by atoms with Crippen LogP contribution in [-0.2, 0) is 0 Å². The lowest BCUT2D eigenvalue weighted by molar-refractivity contribution is 0.666. The molecule has 4 heteroatoms. The van der Waals surface area contributed by atoms with Crippen LogP contribution in [0.2, 0.25) is 0 Å². The van der Waals surface area contributed by atoms with E-state index < -0.39 is 0 Å². The van der Waals surface area contributed by atoms with Crippen LogP contribution >= 0.6 is 0 Å². The second-order valence-corrected chi connectivity index (χ2v) is 12.3. The van der Waals surface area contributed by atoms with Gasteiger partial charge in [0.15, 0.2) is 11.4 Å². The first-order valence-electron chi connectivity index (χ1n) is 16.1. The average Bonchev–Trinajstić information content (AvgIpc) is 3.70. The van der Waals surface area contributed by atoms with Crippen LogP contribution in [0.4, 0.5) is 0 Å². The first kappa shape index (κ1) is 26.7. The molecule has 0 spiro atoms. The molecular formula is C44H27N3O. The van der Waals surface area contributed by atoms with Crippen molar-refractivity contribution >= 4 is 54.6 Å². The molecule has 4 nitrogen and oxygen atoms in total. The van der Waals surface area contributed by atoms with E-state index in [-0.39, 0.29) is 0 Å². The number of furan rings is 1. The lowest BCUT2D eigenvalue weighted by Gasteiger charge is -2.11. The summed E-state index contributed by atoms with van der Waals surface area (Å²) in [5.41, 5.74) is 11.3. The van der Waals surface area contributed by atoms with E-state index in [2.05, 4.69) is 156 Å². The zero-order valence-corrected chi connectivity index (χ0v) is 25.8. The van der Waals surface area contributed by atoms with Gasteiger partial charge in [0.2, 0.25) is 0 Å². The number of hydrogen-bond donors (Lipinski definition) is 0. The summed E-state index contributed by atoms with van der Waals surface area (Å²) in [6.07, 6.45) is 1.79. The topological polar surface area (TPSA) is 43.9 Å². The molecule has 48 heavy (non-hydrogen) atoms. The predicted octanol–water partition coefficient (Wildman–Crippen LogP) is 11.6. The minimum Gasteiger partial charge on any atom is -0.453 e. The number of aromatic nitrogens is 3. The summed E-state index contributed by atoms with van der Waals surface area (Å²) in [6, 6.07) is 55.8. The van der Waals surface area contributed by atoms with E-state index in [0.717, 1.165) is 50.0 Å². The molecule has 0 bridgehead atoms. The van der Waals surface area contributed by atoms with Crippen LogP contribution in [0.1, 0.15) is 0 Å². The van der Waals surface area contributed by atoms with Crippen LogP contribution in [0, 0.1) is 0 Å². The predicted molar refractivity (Wildman–Crippen MR) is 197 cm³/mol. The van der Waals surface area contributed by atoms with E-state index in [1.807, 2.05) is 6.07 Å². The van der Waals surface area contributed by atoms with Gasteiger partial charge >= 0.3 is 0 Å². The third-order valence-corrected chi connectivity index (χ3v) is 9.43. The third-order valence-electron chi connectivity index (χ3n) is 9.43. The van der Waals surface area contributed by atoms with Crippen molar-refractivity contribution in [3.63, 3.8) is 0 Å². The van der Waals surface area contributed by atoms with Gasteiger partial charge in [0.05, 0.1) is 17.2 Å². The summed E-state index contributed by atoms with van der Waals surface area (Å²) in [5.74, 6) is 0.668. The van der Waals surface area contributed by atoms with Gasteiger partial charge in [-0.2, -0.15) is 0 Å². The van der Waals surface area contributed by atoms with Crippen molar-refractivity contribution in [2.75, 3.05) is 0 Å². The lowest BCUT2D eigenvalue weighted by atomic mass is 10.00. The van der Waals surface area contributed by atoms with Gasteiger partial charge in [0, 0.05) is 27.4 Å². The molecular weight excluding hydrogens is 587 g/mol. The highest BCUT2D eigenvalue weighted by atomic mass is 16.3. The van der Waals surface area contributed by atoms with E-state index in [0.29, 0.717) is 11.4 Å². The quantitative estimate of drug-likeness (QED) is 0.198. The molecule has 0 aliphatic heterocycles. The maximum atomic E-state index is 6.18. The summed E-state index contributed by atoms with van der Waals surface area (Å²) in [7, 11) is 0. The Labute approximate surface area is 276 Å². The number of fused-ring (bicyclic) bond motifs is 7. The number of rotatable bonds is 4. The van der Waals surface area contributed by atoms with Crippen LogP contribution in [0.25, 0.3) is 94.0 Å². The zero-order valence-electron chi connectivity index (χ0n) is 25.8. The highest BCUT2D eigenvalue weighted by Crippen LogP contribution is 2.36. The Hall–Kier alpha value is -6.52. The van der Waals surface area contributed by atoms with Gasteiger partial charge in [-0.05, 0) is 81.6 Å². The number of benzene rings is 7. The second-order valence-electron chi connectivity index (χ2n) is 12.3. The van der Waals surface area contributed by atoms with Gasteiger partial charge in [-0.15, -0.1) is 0 Å². The molecule has 0 radical (unpaired) electrons. The van der Waals surface area contributed by atoms with Gasteiger partial charge in [0.1, 0.15) is 11.1 Å². The van der Waals surface area contributed by atoms with Crippen molar-refractivity contribution < 1.29 is 4.42 Å². The van der Waals surface area contributed by atoms with E-state index >= 15 is 0 Å². The fraction of sp³-hybridized carbons (Fsp3) is 0. The maximum absolute atomic E-state index is 6.18. The molecule has 0 aliphatic rings. The Morgan fingerprint density at radius 1 is 0.438 bits per heavy atom. The van der Waals surface area contributed by atoms with Crippen molar-refractivity contribution in [3.05, 3.63) is 164 Å². The second kappa shape index (κ2) is 10.5. The Morgan fingerprint density at radius 3 is 1.92 bits per heavy atom. The molecule has 0 fully saturated rings. The monoisotopic (exact) mass is 613 g/mol. The molecule has 0 N–H and O–H groups in total. The summed E-state index contributed by atoms with van der Waals surface area (Å²) < 4.78 is 8.53. The normalized spacial score (nSPS) is 11.8. The van der Waals surface area contributed by atoms with E-state index in [1.54, 1.807) is 6.20 Å². The molecule has 0 saturated carbocycles. The smallest absolute Gasteiger partial charge is 0.172 e. The number of hydrogen-bond acceptors (Lipinski definition) is 3. The number of para-hydroxylation sites is 2. The zero-order chi connectivity index (χ0) is 31.6. The third kappa shape index (κ3) is 4.24. The van der Waals surface area contributed by atoms with Crippen molar-refractivity contribution in [1.82, 2.24) is 14.5 Å². The van der Waals surface area contributed by atoms with Crippen molar-refractivity contribution in [2.24, 2.45) is 0 Å². The van der Waals surface area contributed by atoms with E-state index in [9.17, 15) is 0 Å². The van der Waals surface area contributed by atoms with Crippen LogP contribution in [-0.4, -0.2) is 14.5 Å². The Balaban J connectivity index is 1.05. The van der Waals surface area contributed by atoms with E-state index in [1.165, 1.54) is 32.6 Å². The molecule has 0 unspecified atom stereocenters. The molecule has 3 aromatic heterocycles. The Kier molecular flexibility index (Phi) is 5.84. The fourth-order valence-electron chi connectivity index (χ4n) is 7.11. The SMILES string of the molecule is c1cc(-c2cccc(-n3c4ccccc4c4ccccc43)c2)cc(-c2ncc3oc4ccc(-c5ccc6ccccc6c5)cc4c3n2)c1. The summed E-state index contributed by atoms with van der Waals surface area (Å²) in [5, 5.41) is 5.94. The van der Waals surface area contributed by atoms with Crippen molar-refractivity contribution in [1.29, 1.82) is 0 Å². The summed E-state index contributed by atoms with van der Waals surface area (Å²) in [4.78, 5) is 9.81. The maximum Gasteiger partial charge on any atom is 0.172 e. The highest BCUT2D eigenvalue weighted by molar-refractivity contribution is 6.09. The van der Waals surface area contributed by atoms with Gasteiger partial charge in [-0.3, -0.25) is 0 Å². The van der Waals surface area contributed by atoms with Gasteiger partial charge in [-0.25, -0.2) is 9.97 Å².